The third kappa shape index (κ3) is 5.01. The molecule has 7 aromatic rings. The number of fused-ring (bicyclic) bond motifs is 2. The van der Waals surface area contributed by atoms with Crippen molar-refractivity contribution in [1.82, 2.24) is 28.8 Å². The Morgan fingerprint density at radius 1 is 0.830 bits per heavy atom. The number of hydrogen-bond acceptors (Lipinski definition) is 6. The predicted octanol–water partition coefficient (Wildman–Crippen LogP) is 4.31. The average Bonchev–Trinajstić information content (AvgIpc) is 3.62. The second-order valence-corrected chi connectivity index (χ2v) is 11.3. The molecule has 0 aliphatic rings. The minimum absolute atomic E-state index is 0.0625. The molecule has 0 saturated carbocycles. The summed E-state index contributed by atoms with van der Waals surface area (Å²) in [6, 6.07) is 33.3. The molecule has 0 aliphatic carbocycles. The number of aryl methyl sites for hydroxylation is 1. The van der Waals surface area contributed by atoms with Crippen molar-refractivity contribution in [2.45, 2.75) is 18.0 Å². The van der Waals surface area contributed by atoms with Crippen molar-refractivity contribution < 1.29 is 9.90 Å². The summed E-state index contributed by atoms with van der Waals surface area (Å²) in [5, 5.41) is 14.6. The minimum atomic E-state index is -1.07. The Morgan fingerprint density at radius 2 is 1.43 bits per heavy atom. The van der Waals surface area contributed by atoms with E-state index >= 15 is 0 Å². The van der Waals surface area contributed by atoms with Crippen molar-refractivity contribution in [2.75, 3.05) is 0 Å². The SMILES string of the molecule is Cn1c(=O)n(-c2ccc(C[C@H](NC(c3ccccc3)(c3ccccc3)c3ccccc3)C(=O)O)n3ccnc23)c(=O)c2ccncc21. The van der Waals surface area contributed by atoms with Gasteiger partial charge in [0.15, 0.2) is 5.65 Å². The lowest BCUT2D eigenvalue weighted by Crippen LogP contribution is -2.53. The molecule has 0 saturated heterocycles. The molecular weight excluding hydrogens is 592 g/mol. The van der Waals surface area contributed by atoms with E-state index in [-0.39, 0.29) is 12.1 Å². The number of imidazole rings is 1. The topological polar surface area (TPSA) is 124 Å². The Balaban J connectivity index is 1.36. The maximum Gasteiger partial charge on any atom is 0.336 e. The van der Waals surface area contributed by atoms with Gasteiger partial charge in [0.2, 0.25) is 0 Å². The first-order valence-corrected chi connectivity index (χ1v) is 15.1. The van der Waals surface area contributed by atoms with E-state index in [2.05, 4.69) is 15.3 Å². The van der Waals surface area contributed by atoms with Crippen LogP contribution in [-0.2, 0) is 23.8 Å². The quantitative estimate of drug-likeness (QED) is 0.230. The lowest BCUT2D eigenvalue weighted by Gasteiger charge is -2.39. The molecule has 10 nitrogen and oxygen atoms in total. The van der Waals surface area contributed by atoms with E-state index < -0.39 is 28.8 Å². The summed E-state index contributed by atoms with van der Waals surface area (Å²) in [4.78, 5) is 48.7. The van der Waals surface area contributed by atoms with Crippen molar-refractivity contribution in [3.63, 3.8) is 0 Å². The van der Waals surface area contributed by atoms with Crippen LogP contribution in [0.3, 0.4) is 0 Å². The van der Waals surface area contributed by atoms with Gasteiger partial charge in [-0.05, 0) is 34.9 Å². The molecular formula is C37H30N6O4. The van der Waals surface area contributed by atoms with Crippen LogP contribution in [0, 0.1) is 0 Å². The van der Waals surface area contributed by atoms with Crippen LogP contribution in [0.1, 0.15) is 22.4 Å². The van der Waals surface area contributed by atoms with Gasteiger partial charge in [-0.25, -0.2) is 14.3 Å². The fourth-order valence-electron chi connectivity index (χ4n) is 6.39. The number of carbonyl (C=O) groups is 1. The summed E-state index contributed by atoms with van der Waals surface area (Å²) in [7, 11) is 1.58. The zero-order chi connectivity index (χ0) is 32.5. The molecule has 0 unspecified atom stereocenters. The van der Waals surface area contributed by atoms with Gasteiger partial charge in [0, 0.05) is 37.8 Å². The van der Waals surface area contributed by atoms with Crippen LogP contribution < -0.4 is 16.6 Å². The van der Waals surface area contributed by atoms with Crippen molar-refractivity contribution in [3.05, 3.63) is 177 Å². The molecule has 4 aromatic heterocycles. The van der Waals surface area contributed by atoms with Gasteiger partial charge in [0.25, 0.3) is 5.56 Å². The summed E-state index contributed by atoms with van der Waals surface area (Å²) in [5.74, 6) is -1.04. The number of pyridine rings is 2. The third-order valence-electron chi connectivity index (χ3n) is 8.65. The van der Waals surface area contributed by atoms with Gasteiger partial charge < -0.3 is 9.51 Å². The van der Waals surface area contributed by atoms with Crippen LogP contribution in [0.5, 0.6) is 0 Å². The molecule has 47 heavy (non-hydrogen) atoms. The Labute approximate surface area is 268 Å². The highest BCUT2D eigenvalue weighted by atomic mass is 16.4. The average molecular weight is 623 g/mol. The second-order valence-electron chi connectivity index (χ2n) is 11.3. The molecule has 232 valence electrons. The lowest BCUT2D eigenvalue weighted by molar-refractivity contribution is -0.139. The number of carboxylic acids is 1. The molecule has 0 fully saturated rings. The molecule has 2 N–H and O–H groups in total. The summed E-state index contributed by atoms with van der Waals surface area (Å²) in [5.41, 5.74) is 2.27. The minimum Gasteiger partial charge on any atom is -0.480 e. The summed E-state index contributed by atoms with van der Waals surface area (Å²) in [6.45, 7) is 0. The van der Waals surface area contributed by atoms with Gasteiger partial charge in [-0.3, -0.25) is 24.5 Å². The van der Waals surface area contributed by atoms with E-state index in [1.165, 1.54) is 17.0 Å². The molecule has 0 aliphatic heterocycles. The number of carboxylic acid groups (broad SMARTS) is 1. The number of rotatable bonds is 9. The monoisotopic (exact) mass is 622 g/mol. The fourth-order valence-corrected chi connectivity index (χ4v) is 6.39. The van der Waals surface area contributed by atoms with Gasteiger partial charge in [-0.1, -0.05) is 91.0 Å². The number of aromatic nitrogens is 5. The normalized spacial score (nSPS) is 12.4. The van der Waals surface area contributed by atoms with Crippen molar-refractivity contribution in [2.24, 2.45) is 7.05 Å². The van der Waals surface area contributed by atoms with E-state index in [0.29, 0.717) is 22.2 Å². The Bertz CT molecular complexity index is 2250. The molecule has 3 aromatic carbocycles. The summed E-state index contributed by atoms with van der Waals surface area (Å²) in [6.07, 6.45) is 6.32. The Kier molecular flexibility index (Phi) is 7.55. The zero-order valence-electron chi connectivity index (χ0n) is 25.4. The van der Waals surface area contributed by atoms with Crippen LogP contribution in [0.25, 0.3) is 22.2 Å². The maximum atomic E-state index is 13.6. The van der Waals surface area contributed by atoms with Crippen molar-refractivity contribution in [3.8, 4) is 5.69 Å². The van der Waals surface area contributed by atoms with Crippen LogP contribution >= 0.6 is 0 Å². The van der Waals surface area contributed by atoms with E-state index in [1.54, 1.807) is 42.0 Å². The summed E-state index contributed by atoms with van der Waals surface area (Å²) < 4.78 is 4.19. The van der Waals surface area contributed by atoms with E-state index in [9.17, 15) is 19.5 Å². The van der Waals surface area contributed by atoms with Gasteiger partial charge >= 0.3 is 11.7 Å². The van der Waals surface area contributed by atoms with Gasteiger partial charge in [-0.15, -0.1) is 0 Å². The summed E-state index contributed by atoms with van der Waals surface area (Å²) >= 11 is 0. The number of benzene rings is 3. The van der Waals surface area contributed by atoms with E-state index in [4.69, 9.17) is 0 Å². The highest BCUT2D eigenvalue weighted by Gasteiger charge is 2.40. The highest BCUT2D eigenvalue weighted by Crippen LogP contribution is 2.37. The van der Waals surface area contributed by atoms with Crippen LogP contribution in [0.4, 0.5) is 0 Å². The predicted molar refractivity (Wildman–Crippen MR) is 179 cm³/mol. The van der Waals surface area contributed by atoms with Crippen LogP contribution in [0.15, 0.2) is 144 Å². The largest absolute Gasteiger partial charge is 0.480 e. The van der Waals surface area contributed by atoms with Crippen LogP contribution in [-0.4, -0.2) is 40.6 Å². The maximum absolute atomic E-state index is 13.6. The molecule has 1 atom stereocenters. The van der Waals surface area contributed by atoms with Gasteiger partial charge in [0.05, 0.1) is 28.3 Å². The van der Waals surface area contributed by atoms with Crippen molar-refractivity contribution >= 4 is 22.5 Å². The molecule has 0 amide bonds. The fraction of sp³-hybridized carbons (Fsp3) is 0.108. The first-order valence-electron chi connectivity index (χ1n) is 15.1. The highest BCUT2D eigenvalue weighted by molar-refractivity contribution is 5.78. The number of nitrogens with one attached hydrogen (secondary N) is 1. The molecule has 4 heterocycles. The van der Waals surface area contributed by atoms with Gasteiger partial charge in [0.1, 0.15) is 6.04 Å². The molecule has 0 radical (unpaired) electrons. The van der Waals surface area contributed by atoms with E-state index in [1.807, 2.05) is 91.0 Å². The zero-order valence-corrected chi connectivity index (χ0v) is 25.4. The first kappa shape index (κ1) is 29.6. The third-order valence-corrected chi connectivity index (χ3v) is 8.65. The molecule has 0 spiro atoms. The number of nitrogens with zero attached hydrogens (tertiary/aromatic N) is 5. The van der Waals surface area contributed by atoms with Crippen LogP contribution in [0.2, 0.25) is 0 Å². The molecule has 10 heteroatoms. The second kappa shape index (κ2) is 12.0. The first-order chi connectivity index (χ1) is 22.9. The number of hydrogen-bond donors (Lipinski definition) is 2. The van der Waals surface area contributed by atoms with Gasteiger partial charge in [-0.2, -0.15) is 0 Å². The lowest BCUT2D eigenvalue weighted by atomic mass is 9.76. The molecule has 0 bridgehead atoms. The Morgan fingerprint density at radius 3 is 2.00 bits per heavy atom. The van der Waals surface area contributed by atoms with Crippen molar-refractivity contribution in [1.29, 1.82) is 0 Å². The molecule has 7 rings (SSSR count). The standard InChI is InChI=1S/C37H30N6O4/c1-41-32-24-38-20-19-29(32)34(44)43(36(41)47)31-18-17-28(42-22-21-39-33(31)42)23-30(35(45)46)40-37(25-11-5-2-6-12-25,26-13-7-3-8-14-26)27-15-9-4-10-16-27/h2-22,24,30,40H,23H2,1H3,(H,45,46)/t30-/m0/s1. The van der Waals surface area contributed by atoms with E-state index in [0.717, 1.165) is 21.3 Å². The Hall–Kier alpha value is -6.13. The smallest absolute Gasteiger partial charge is 0.336 e. The number of aliphatic carboxylic acids is 1.